The largest absolute Gasteiger partial charge is 0.489 e. The maximum atomic E-state index is 12.0. The van der Waals surface area contributed by atoms with Gasteiger partial charge in [-0.1, -0.05) is 0 Å². The molecule has 1 amide bonds. The number of carbonyl (C=O) groups is 1. The van der Waals surface area contributed by atoms with Crippen LogP contribution >= 0.6 is 11.3 Å². The Balaban J connectivity index is 1.48. The zero-order valence-electron chi connectivity index (χ0n) is 12.6. The lowest BCUT2D eigenvalue weighted by atomic mass is 9.92. The number of hydrogen-bond acceptors (Lipinski definition) is 4. The molecule has 0 radical (unpaired) electrons. The average Bonchev–Trinajstić information content (AvgIpc) is 3.06. The molecule has 4 nitrogen and oxygen atoms in total. The van der Waals surface area contributed by atoms with Gasteiger partial charge in [0.05, 0.1) is 11.8 Å². The number of ether oxygens (including phenoxy) is 1. The Bertz CT molecular complexity index is 619. The van der Waals surface area contributed by atoms with Gasteiger partial charge in [-0.15, -0.1) is 0 Å². The van der Waals surface area contributed by atoms with Crippen LogP contribution in [-0.2, 0) is 0 Å². The normalized spacial score (nSPS) is 21.3. The van der Waals surface area contributed by atoms with Gasteiger partial charge in [-0.25, -0.2) is 0 Å². The third kappa shape index (κ3) is 3.65. The highest BCUT2D eigenvalue weighted by atomic mass is 32.1. The van der Waals surface area contributed by atoms with Crippen molar-refractivity contribution in [2.45, 2.75) is 44.8 Å². The molecule has 0 atom stereocenters. The molecule has 2 heterocycles. The van der Waals surface area contributed by atoms with Crippen molar-refractivity contribution in [1.29, 1.82) is 0 Å². The number of aryl methyl sites for hydroxylation is 1. The van der Waals surface area contributed by atoms with E-state index in [1.165, 1.54) is 0 Å². The first-order valence-electron chi connectivity index (χ1n) is 7.63. The van der Waals surface area contributed by atoms with Crippen LogP contribution in [0.2, 0.25) is 0 Å². The maximum Gasteiger partial charge on any atom is 0.252 e. The smallest absolute Gasteiger partial charge is 0.252 e. The van der Waals surface area contributed by atoms with Crippen molar-refractivity contribution >= 4 is 17.2 Å². The van der Waals surface area contributed by atoms with Crippen molar-refractivity contribution in [2.24, 2.45) is 0 Å². The third-order valence-electron chi connectivity index (χ3n) is 4.04. The second kappa shape index (κ2) is 6.92. The molecule has 1 N–H and O–H groups in total. The van der Waals surface area contributed by atoms with E-state index < -0.39 is 0 Å². The van der Waals surface area contributed by atoms with Crippen molar-refractivity contribution in [2.75, 3.05) is 0 Å². The average molecular weight is 316 g/mol. The van der Waals surface area contributed by atoms with E-state index >= 15 is 0 Å². The van der Waals surface area contributed by atoms with E-state index in [1.807, 2.05) is 35.9 Å². The first kappa shape index (κ1) is 15.0. The monoisotopic (exact) mass is 316 g/mol. The summed E-state index contributed by atoms with van der Waals surface area (Å²) in [5.41, 5.74) is 1.68. The van der Waals surface area contributed by atoms with Gasteiger partial charge in [0.1, 0.15) is 5.75 Å². The van der Waals surface area contributed by atoms with Gasteiger partial charge >= 0.3 is 0 Å². The fourth-order valence-corrected chi connectivity index (χ4v) is 3.40. The number of thiophene rings is 1. The molecule has 0 spiro atoms. The summed E-state index contributed by atoms with van der Waals surface area (Å²) < 4.78 is 6.04. The molecular formula is C17H20N2O2S. The second-order valence-electron chi connectivity index (χ2n) is 5.66. The first-order valence-corrected chi connectivity index (χ1v) is 8.58. The van der Waals surface area contributed by atoms with Crippen molar-refractivity contribution in [1.82, 2.24) is 10.3 Å². The Hall–Kier alpha value is -1.88. The van der Waals surface area contributed by atoms with Crippen molar-refractivity contribution < 1.29 is 9.53 Å². The minimum Gasteiger partial charge on any atom is -0.489 e. The van der Waals surface area contributed by atoms with Crippen LogP contribution in [0.3, 0.4) is 0 Å². The Morgan fingerprint density at radius 1 is 1.32 bits per heavy atom. The SMILES string of the molecule is Cc1ncccc1OC1CCC(NC(=O)c2ccsc2)CC1. The molecule has 0 aliphatic heterocycles. The molecule has 1 aliphatic carbocycles. The Morgan fingerprint density at radius 3 is 2.82 bits per heavy atom. The second-order valence-corrected chi connectivity index (χ2v) is 6.44. The highest BCUT2D eigenvalue weighted by molar-refractivity contribution is 7.08. The van der Waals surface area contributed by atoms with Crippen LogP contribution in [0.4, 0.5) is 0 Å². The predicted octanol–water partition coefficient (Wildman–Crippen LogP) is 3.57. The number of nitrogens with one attached hydrogen (secondary N) is 1. The van der Waals surface area contributed by atoms with Crippen LogP contribution in [0, 0.1) is 6.92 Å². The zero-order valence-corrected chi connectivity index (χ0v) is 13.4. The van der Waals surface area contributed by atoms with Gasteiger partial charge in [0.2, 0.25) is 0 Å². The Labute approximate surface area is 134 Å². The molecular weight excluding hydrogens is 296 g/mol. The van der Waals surface area contributed by atoms with E-state index in [4.69, 9.17) is 4.74 Å². The molecule has 0 unspecified atom stereocenters. The molecule has 0 aromatic carbocycles. The number of pyridine rings is 1. The predicted molar refractivity (Wildman–Crippen MR) is 87.4 cm³/mol. The summed E-state index contributed by atoms with van der Waals surface area (Å²) in [6.07, 6.45) is 5.84. The molecule has 1 aliphatic rings. The van der Waals surface area contributed by atoms with Gasteiger partial charge in [-0.3, -0.25) is 9.78 Å². The molecule has 22 heavy (non-hydrogen) atoms. The van der Waals surface area contributed by atoms with Gasteiger partial charge in [-0.05, 0) is 56.2 Å². The van der Waals surface area contributed by atoms with E-state index in [9.17, 15) is 4.79 Å². The van der Waals surface area contributed by atoms with Crippen LogP contribution in [-0.4, -0.2) is 23.0 Å². The fraction of sp³-hybridized carbons (Fsp3) is 0.412. The number of amides is 1. The number of carbonyl (C=O) groups excluding carboxylic acids is 1. The summed E-state index contributed by atoms with van der Waals surface area (Å²) in [6.45, 7) is 1.96. The van der Waals surface area contributed by atoms with Crippen molar-refractivity contribution in [3.8, 4) is 5.75 Å². The molecule has 3 rings (SSSR count). The van der Waals surface area contributed by atoms with Gasteiger partial charge in [0.25, 0.3) is 5.91 Å². The van der Waals surface area contributed by atoms with Gasteiger partial charge in [0.15, 0.2) is 0 Å². The summed E-state index contributed by atoms with van der Waals surface area (Å²) in [7, 11) is 0. The topological polar surface area (TPSA) is 51.2 Å². The highest BCUT2D eigenvalue weighted by Gasteiger charge is 2.24. The molecule has 2 aromatic heterocycles. The molecule has 5 heteroatoms. The van der Waals surface area contributed by atoms with Crippen LogP contribution < -0.4 is 10.1 Å². The van der Waals surface area contributed by atoms with Gasteiger partial charge < -0.3 is 10.1 Å². The van der Waals surface area contributed by atoms with Crippen LogP contribution in [0.1, 0.15) is 41.7 Å². The standard InChI is InChI=1S/C17H20N2O2S/c1-12-16(3-2-9-18-12)21-15-6-4-14(5-7-15)19-17(20)13-8-10-22-11-13/h2-3,8-11,14-15H,4-7H2,1H3,(H,19,20). The van der Waals surface area contributed by atoms with Gasteiger partial charge in [0, 0.05) is 23.2 Å². The molecule has 1 fully saturated rings. The molecule has 0 saturated heterocycles. The minimum atomic E-state index is 0.0359. The van der Waals surface area contributed by atoms with E-state index in [2.05, 4.69) is 10.3 Å². The summed E-state index contributed by atoms with van der Waals surface area (Å²) in [5, 5.41) is 6.93. The van der Waals surface area contributed by atoms with Gasteiger partial charge in [-0.2, -0.15) is 11.3 Å². The number of aromatic nitrogens is 1. The number of rotatable bonds is 4. The minimum absolute atomic E-state index is 0.0359. The summed E-state index contributed by atoms with van der Waals surface area (Å²) >= 11 is 1.55. The van der Waals surface area contributed by atoms with E-state index in [-0.39, 0.29) is 18.1 Å². The van der Waals surface area contributed by atoms with Crippen LogP contribution in [0.5, 0.6) is 5.75 Å². The Morgan fingerprint density at radius 2 is 2.14 bits per heavy atom. The van der Waals surface area contributed by atoms with Crippen LogP contribution in [0.15, 0.2) is 35.2 Å². The van der Waals surface area contributed by atoms with Crippen molar-refractivity contribution in [3.63, 3.8) is 0 Å². The number of nitrogens with zero attached hydrogens (tertiary/aromatic N) is 1. The van der Waals surface area contributed by atoms with E-state index in [0.717, 1.165) is 42.7 Å². The number of hydrogen-bond donors (Lipinski definition) is 1. The summed E-state index contributed by atoms with van der Waals surface area (Å²) in [5.74, 6) is 0.905. The molecule has 116 valence electrons. The fourth-order valence-electron chi connectivity index (χ4n) is 2.76. The van der Waals surface area contributed by atoms with E-state index in [1.54, 1.807) is 17.5 Å². The first-order chi connectivity index (χ1) is 10.7. The van der Waals surface area contributed by atoms with E-state index in [0.29, 0.717) is 0 Å². The Kier molecular flexibility index (Phi) is 4.73. The lowest BCUT2D eigenvalue weighted by Gasteiger charge is -2.29. The molecule has 1 saturated carbocycles. The lowest BCUT2D eigenvalue weighted by molar-refractivity contribution is 0.0893. The molecule has 2 aromatic rings. The highest BCUT2D eigenvalue weighted by Crippen LogP contribution is 2.25. The third-order valence-corrected chi connectivity index (χ3v) is 4.73. The summed E-state index contributed by atoms with van der Waals surface area (Å²) in [4.78, 5) is 16.3. The maximum absolute atomic E-state index is 12.0. The van der Waals surface area contributed by atoms with Crippen LogP contribution in [0.25, 0.3) is 0 Å². The quantitative estimate of drug-likeness (QED) is 0.938. The van der Waals surface area contributed by atoms with Crippen molar-refractivity contribution in [3.05, 3.63) is 46.4 Å². The molecule has 0 bridgehead atoms. The summed E-state index contributed by atoms with van der Waals surface area (Å²) in [6, 6.07) is 5.98. The lowest BCUT2D eigenvalue weighted by Crippen LogP contribution is -2.39. The zero-order chi connectivity index (χ0) is 15.4.